The van der Waals surface area contributed by atoms with Gasteiger partial charge in [0.15, 0.2) is 0 Å². The van der Waals surface area contributed by atoms with Crippen molar-refractivity contribution >= 4 is 10.0 Å². The zero-order valence-corrected chi connectivity index (χ0v) is 13.7. The second-order valence-corrected chi connectivity index (χ2v) is 7.58. The number of rotatable bonds is 6. The number of nitrogens with two attached hydrogens (primary N) is 1. The number of hydrogen-bond donors (Lipinski definition) is 2. The summed E-state index contributed by atoms with van der Waals surface area (Å²) in [6.07, 6.45) is 4.25. The zero-order valence-electron chi connectivity index (χ0n) is 12.9. The summed E-state index contributed by atoms with van der Waals surface area (Å²) in [5, 5.41) is 0. The summed E-state index contributed by atoms with van der Waals surface area (Å²) in [6.45, 7) is 4.33. The highest BCUT2D eigenvalue weighted by atomic mass is 32.2. The first kappa shape index (κ1) is 16.5. The predicted molar refractivity (Wildman–Crippen MR) is 81.5 cm³/mol. The van der Waals surface area contributed by atoms with Gasteiger partial charge in [0, 0.05) is 37.6 Å². The van der Waals surface area contributed by atoms with Crippen LogP contribution in [0.4, 0.5) is 0 Å². The van der Waals surface area contributed by atoms with E-state index < -0.39 is 10.0 Å². The lowest BCUT2D eigenvalue weighted by molar-refractivity contribution is 0.107. The molecule has 0 amide bonds. The van der Waals surface area contributed by atoms with Gasteiger partial charge in [-0.3, -0.25) is 0 Å². The maximum Gasteiger partial charge on any atom is 0.242 e. The summed E-state index contributed by atoms with van der Waals surface area (Å²) in [5.74, 6) is 0. The molecule has 3 N–H and O–H groups in total. The third-order valence-electron chi connectivity index (χ3n) is 4.02. The second-order valence-electron chi connectivity index (χ2n) is 5.86. The van der Waals surface area contributed by atoms with Crippen LogP contribution in [0.2, 0.25) is 0 Å². The molecule has 0 aliphatic heterocycles. The van der Waals surface area contributed by atoms with Crippen LogP contribution in [0.5, 0.6) is 0 Å². The van der Waals surface area contributed by atoms with Gasteiger partial charge in [0.05, 0.1) is 11.0 Å². The Bertz CT molecular complexity index is 580. The van der Waals surface area contributed by atoms with Gasteiger partial charge in [-0.15, -0.1) is 0 Å². The van der Waals surface area contributed by atoms with Gasteiger partial charge in [-0.05, 0) is 39.2 Å². The van der Waals surface area contributed by atoms with Crippen LogP contribution in [0.3, 0.4) is 0 Å². The first-order valence-electron chi connectivity index (χ1n) is 7.33. The minimum Gasteiger partial charge on any atom is -0.381 e. The molecule has 1 aromatic rings. The largest absolute Gasteiger partial charge is 0.381 e. The molecule has 0 radical (unpaired) electrons. The number of methoxy groups -OCH3 is 1. The van der Waals surface area contributed by atoms with Crippen molar-refractivity contribution in [1.82, 2.24) is 9.29 Å². The molecule has 1 aliphatic carbocycles. The number of sulfonamides is 1. The summed E-state index contributed by atoms with van der Waals surface area (Å²) in [5.41, 5.74) is 6.52. The maximum absolute atomic E-state index is 12.5. The van der Waals surface area contributed by atoms with Crippen molar-refractivity contribution < 1.29 is 13.2 Å². The Morgan fingerprint density at radius 2 is 2.19 bits per heavy atom. The third-order valence-corrected chi connectivity index (χ3v) is 5.51. The van der Waals surface area contributed by atoms with Crippen molar-refractivity contribution in [2.45, 2.75) is 62.7 Å². The molecule has 0 saturated heterocycles. The molecule has 1 heterocycles. The predicted octanol–water partition coefficient (Wildman–Crippen LogP) is 1.37. The van der Waals surface area contributed by atoms with Gasteiger partial charge in [-0.25, -0.2) is 13.1 Å². The highest BCUT2D eigenvalue weighted by Gasteiger charge is 2.29. The lowest BCUT2D eigenvalue weighted by Gasteiger charge is -2.13. The van der Waals surface area contributed by atoms with Gasteiger partial charge >= 0.3 is 0 Å². The molecule has 1 fully saturated rings. The third kappa shape index (κ3) is 3.66. The van der Waals surface area contributed by atoms with E-state index in [0.29, 0.717) is 6.54 Å². The molecule has 1 saturated carbocycles. The van der Waals surface area contributed by atoms with Gasteiger partial charge < -0.3 is 15.0 Å². The average Bonchev–Trinajstić information content (AvgIpc) is 3.04. The van der Waals surface area contributed by atoms with Crippen molar-refractivity contribution in [1.29, 1.82) is 0 Å². The fourth-order valence-corrected chi connectivity index (χ4v) is 4.17. The van der Waals surface area contributed by atoms with Crippen LogP contribution >= 0.6 is 0 Å². The summed E-state index contributed by atoms with van der Waals surface area (Å²) >= 11 is 0. The van der Waals surface area contributed by atoms with E-state index in [9.17, 15) is 8.42 Å². The van der Waals surface area contributed by atoms with Crippen LogP contribution in [-0.4, -0.2) is 32.2 Å². The minimum atomic E-state index is -3.50. The highest BCUT2D eigenvalue weighted by Crippen LogP contribution is 2.24. The molecule has 1 aromatic heterocycles. The molecular weight excluding hydrogens is 290 g/mol. The second kappa shape index (κ2) is 6.48. The quantitative estimate of drug-likeness (QED) is 0.830. The minimum absolute atomic E-state index is 0.0522. The van der Waals surface area contributed by atoms with E-state index in [1.165, 1.54) is 0 Å². The number of hydrogen-bond acceptors (Lipinski definition) is 4. The molecule has 120 valence electrons. The molecule has 0 spiro atoms. The lowest BCUT2D eigenvalue weighted by atomic mass is 10.3. The first-order valence-corrected chi connectivity index (χ1v) is 8.81. The Balaban J connectivity index is 2.16. The van der Waals surface area contributed by atoms with E-state index in [-0.39, 0.29) is 23.1 Å². The monoisotopic (exact) mass is 315 g/mol. The van der Waals surface area contributed by atoms with Crippen molar-refractivity contribution in [2.75, 3.05) is 7.11 Å². The Kier molecular flexibility index (Phi) is 5.08. The number of aromatic nitrogens is 1. The van der Waals surface area contributed by atoms with Crippen LogP contribution in [-0.2, 0) is 21.3 Å². The van der Waals surface area contributed by atoms with Crippen LogP contribution in [0.15, 0.2) is 17.2 Å². The molecule has 7 heteroatoms. The fraction of sp³-hybridized carbons (Fsp3) is 0.714. The smallest absolute Gasteiger partial charge is 0.242 e. The van der Waals surface area contributed by atoms with Gasteiger partial charge in [-0.1, -0.05) is 0 Å². The molecule has 21 heavy (non-hydrogen) atoms. The van der Waals surface area contributed by atoms with E-state index in [0.717, 1.165) is 25.0 Å². The Hall–Kier alpha value is -0.890. The van der Waals surface area contributed by atoms with Crippen molar-refractivity contribution in [2.24, 2.45) is 5.73 Å². The van der Waals surface area contributed by atoms with Gasteiger partial charge in [0.2, 0.25) is 10.0 Å². The van der Waals surface area contributed by atoms with Crippen molar-refractivity contribution in [3.8, 4) is 0 Å². The lowest BCUT2D eigenvalue weighted by Crippen LogP contribution is -2.33. The highest BCUT2D eigenvalue weighted by molar-refractivity contribution is 7.89. The Labute approximate surface area is 126 Å². The van der Waals surface area contributed by atoms with E-state index in [4.69, 9.17) is 10.5 Å². The van der Waals surface area contributed by atoms with E-state index in [2.05, 4.69) is 4.72 Å². The average molecular weight is 315 g/mol. The number of ether oxygens (including phenoxy) is 1. The zero-order chi connectivity index (χ0) is 15.6. The van der Waals surface area contributed by atoms with Crippen molar-refractivity contribution in [3.05, 3.63) is 18.0 Å². The summed E-state index contributed by atoms with van der Waals surface area (Å²) in [6, 6.07) is 1.78. The Morgan fingerprint density at radius 3 is 2.67 bits per heavy atom. The molecular formula is C14H25N3O3S. The topological polar surface area (TPSA) is 86.3 Å². The van der Waals surface area contributed by atoms with Gasteiger partial charge in [-0.2, -0.15) is 0 Å². The van der Waals surface area contributed by atoms with Gasteiger partial charge in [0.25, 0.3) is 0 Å². The van der Waals surface area contributed by atoms with Crippen LogP contribution in [0.1, 0.15) is 44.8 Å². The Morgan fingerprint density at radius 1 is 1.48 bits per heavy atom. The molecule has 2 unspecified atom stereocenters. The summed E-state index contributed by atoms with van der Waals surface area (Å²) in [7, 11) is -1.84. The number of nitrogens with zero attached hydrogens (tertiary/aromatic N) is 1. The van der Waals surface area contributed by atoms with E-state index >= 15 is 0 Å². The standard InChI is InChI=1S/C14H25N3O3S/c1-10(2)17-9-14(7-12(17)8-15)21(18,19)16-11-4-5-13(6-11)20-3/h7,9-11,13,16H,4-6,8,15H2,1-3H3. The summed E-state index contributed by atoms with van der Waals surface area (Å²) < 4.78 is 34.9. The van der Waals surface area contributed by atoms with Crippen molar-refractivity contribution in [3.63, 3.8) is 0 Å². The molecule has 2 atom stereocenters. The maximum atomic E-state index is 12.5. The first-order chi connectivity index (χ1) is 9.87. The van der Waals surface area contributed by atoms with E-state index in [1.54, 1.807) is 19.4 Å². The molecule has 0 aromatic carbocycles. The number of nitrogens with one attached hydrogen (secondary N) is 1. The summed E-state index contributed by atoms with van der Waals surface area (Å²) in [4.78, 5) is 0.289. The van der Waals surface area contributed by atoms with Gasteiger partial charge in [0.1, 0.15) is 0 Å². The SMILES string of the molecule is COC1CCC(NS(=O)(=O)c2cc(CN)n(C(C)C)c2)C1. The fourth-order valence-electron chi connectivity index (χ4n) is 2.84. The van der Waals surface area contributed by atoms with Crippen LogP contribution in [0.25, 0.3) is 0 Å². The van der Waals surface area contributed by atoms with Crippen LogP contribution < -0.4 is 10.5 Å². The molecule has 2 rings (SSSR count). The normalized spacial score (nSPS) is 23.1. The van der Waals surface area contributed by atoms with Crippen LogP contribution in [0, 0.1) is 0 Å². The molecule has 1 aliphatic rings. The van der Waals surface area contributed by atoms with E-state index in [1.807, 2.05) is 18.4 Å². The molecule has 0 bridgehead atoms. The molecule has 6 nitrogen and oxygen atoms in total.